The van der Waals surface area contributed by atoms with E-state index in [1.165, 1.54) is 30.5 Å². The number of nitrogens with zero attached hydrogens (tertiary/aromatic N) is 2. The van der Waals surface area contributed by atoms with Gasteiger partial charge in [-0.3, -0.25) is 0 Å². The van der Waals surface area contributed by atoms with Gasteiger partial charge < -0.3 is 9.73 Å². The smallest absolute Gasteiger partial charge is 0.198 e. The normalized spacial score (nSPS) is 14.7. The number of furan rings is 1. The highest BCUT2D eigenvalue weighted by Gasteiger charge is 2.19. The maximum absolute atomic E-state index is 5.55. The fraction of sp³-hybridized carbons (Fsp3) is 0.500. The summed E-state index contributed by atoms with van der Waals surface area (Å²) in [6.07, 6.45) is 7.54. The molecular formula is C16H21N3O. The molecule has 0 amide bonds. The Balaban J connectivity index is 2.11. The van der Waals surface area contributed by atoms with Crippen LogP contribution in [0.2, 0.25) is 0 Å². The van der Waals surface area contributed by atoms with E-state index in [1.54, 1.807) is 6.26 Å². The van der Waals surface area contributed by atoms with Crippen LogP contribution >= 0.6 is 0 Å². The highest BCUT2D eigenvalue weighted by molar-refractivity contribution is 5.58. The average Bonchev–Trinajstić information content (AvgIpc) is 2.73. The first kappa shape index (κ1) is 13.2. The van der Waals surface area contributed by atoms with Crippen molar-refractivity contribution in [2.75, 3.05) is 11.9 Å². The molecule has 0 saturated heterocycles. The molecule has 0 saturated carbocycles. The Hall–Kier alpha value is -1.84. The van der Waals surface area contributed by atoms with E-state index in [1.807, 2.05) is 13.0 Å². The molecule has 0 radical (unpaired) electrons. The van der Waals surface area contributed by atoms with E-state index in [4.69, 9.17) is 14.4 Å². The molecule has 0 aliphatic heterocycles. The molecule has 1 aliphatic carbocycles. The summed E-state index contributed by atoms with van der Waals surface area (Å²) in [5.74, 6) is 2.49. The first-order valence-corrected chi connectivity index (χ1v) is 7.47. The van der Waals surface area contributed by atoms with Crippen molar-refractivity contribution < 1.29 is 4.42 Å². The minimum absolute atomic E-state index is 0.712. The van der Waals surface area contributed by atoms with Crippen LogP contribution in [0.5, 0.6) is 0 Å². The zero-order valence-corrected chi connectivity index (χ0v) is 12.2. The van der Waals surface area contributed by atoms with E-state index in [-0.39, 0.29) is 0 Å². The lowest BCUT2D eigenvalue weighted by atomic mass is 10.1. The van der Waals surface area contributed by atoms with Gasteiger partial charge in [-0.05, 0) is 51.2 Å². The second-order valence-corrected chi connectivity index (χ2v) is 5.34. The van der Waals surface area contributed by atoms with E-state index >= 15 is 0 Å². The molecule has 1 N–H and O–H groups in total. The van der Waals surface area contributed by atoms with Gasteiger partial charge in [0, 0.05) is 17.8 Å². The molecule has 3 rings (SSSR count). The van der Waals surface area contributed by atoms with Gasteiger partial charge in [-0.2, -0.15) is 0 Å². The lowest BCUT2D eigenvalue weighted by molar-refractivity contribution is 0.575. The summed E-state index contributed by atoms with van der Waals surface area (Å²) >= 11 is 0. The van der Waals surface area contributed by atoms with Crippen molar-refractivity contribution in [2.45, 2.75) is 46.0 Å². The van der Waals surface area contributed by atoms with Crippen LogP contribution in [-0.4, -0.2) is 16.5 Å². The van der Waals surface area contributed by atoms with Gasteiger partial charge in [0.15, 0.2) is 11.6 Å². The van der Waals surface area contributed by atoms with Gasteiger partial charge in [0.25, 0.3) is 0 Å². The summed E-state index contributed by atoms with van der Waals surface area (Å²) in [5, 5.41) is 3.39. The van der Waals surface area contributed by atoms with Crippen LogP contribution in [0.4, 0.5) is 5.82 Å². The van der Waals surface area contributed by atoms with Gasteiger partial charge in [-0.25, -0.2) is 9.97 Å². The molecule has 2 aromatic heterocycles. The standard InChI is InChI=1S/C16H21N3O/c1-3-17-15-12-7-5-4-6-8-13(12)18-16(19-15)14-11(2)9-10-20-14/h9-10H,3-8H2,1-2H3,(H,17,18,19). The molecule has 2 aromatic rings. The predicted octanol–water partition coefficient (Wildman–Crippen LogP) is 3.75. The van der Waals surface area contributed by atoms with Crippen molar-refractivity contribution in [3.63, 3.8) is 0 Å². The highest BCUT2D eigenvalue weighted by atomic mass is 16.3. The Morgan fingerprint density at radius 1 is 1.20 bits per heavy atom. The van der Waals surface area contributed by atoms with E-state index in [0.29, 0.717) is 5.82 Å². The van der Waals surface area contributed by atoms with Gasteiger partial charge in [0.05, 0.1) is 6.26 Å². The number of hydrogen-bond acceptors (Lipinski definition) is 4. The van der Waals surface area contributed by atoms with Crippen LogP contribution < -0.4 is 5.32 Å². The largest absolute Gasteiger partial charge is 0.461 e. The zero-order valence-electron chi connectivity index (χ0n) is 12.2. The van der Waals surface area contributed by atoms with Crippen molar-refractivity contribution in [3.05, 3.63) is 29.2 Å². The summed E-state index contributed by atoms with van der Waals surface area (Å²) < 4.78 is 5.55. The third-order valence-electron chi connectivity index (χ3n) is 3.84. The first-order valence-electron chi connectivity index (χ1n) is 7.47. The number of fused-ring (bicyclic) bond motifs is 1. The lowest BCUT2D eigenvalue weighted by Gasteiger charge is -2.13. The van der Waals surface area contributed by atoms with Gasteiger partial charge in [0.1, 0.15) is 5.82 Å². The number of aromatic nitrogens is 2. The van der Waals surface area contributed by atoms with Gasteiger partial charge in [-0.15, -0.1) is 0 Å². The number of hydrogen-bond donors (Lipinski definition) is 1. The monoisotopic (exact) mass is 271 g/mol. The molecular weight excluding hydrogens is 250 g/mol. The van der Waals surface area contributed by atoms with Crippen LogP contribution in [0.15, 0.2) is 16.7 Å². The molecule has 0 bridgehead atoms. The van der Waals surface area contributed by atoms with Crippen molar-refractivity contribution in [2.24, 2.45) is 0 Å². The molecule has 20 heavy (non-hydrogen) atoms. The van der Waals surface area contributed by atoms with Crippen LogP contribution in [0.1, 0.15) is 43.0 Å². The van der Waals surface area contributed by atoms with Gasteiger partial charge in [-0.1, -0.05) is 6.42 Å². The molecule has 0 spiro atoms. The zero-order chi connectivity index (χ0) is 13.9. The molecule has 4 heteroatoms. The Morgan fingerprint density at radius 2 is 2.05 bits per heavy atom. The van der Waals surface area contributed by atoms with E-state index in [9.17, 15) is 0 Å². The van der Waals surface area contributed by atoms with E-state index in [2.05, 4.69) is 12.2 Å². The topological polar surface area (TPSA) is 51.0 Å². The lowest BCUT2D eigenvalue weighted by Crippen LogP contribution is -2.09. The number of rotatable bonds is 3. The Morgan fingerprint density at radius 3 is 2.80 bits per heavy atom. The average molecular weight is 271 g/mol. The third kappa shape index (κ3) is 2.42. The van der Waals surface area contributed by atoms with Gasteiger partial charge in [0.2, 0.25) is 0 Å². The summed E-state index contributed by atoms with van der Waals surface area (Å²) in [7, 11) is 0. The van der Waals surface area contributed by atoms with Crippen LogP contribution in [-0.2, 0) is 12.8 Å². The van der Waals surface area contributed by atoms with Gasteiger partial charge >= 0.3 is 0 Å². The summed E-state index contributed by atoms with van der Waals surface area (Å²) in [4.78, 5) is 9.48. The Kier molecular flexibility index (Phi) is 3.72. The van der Waals surface area contributed by atoms with E-state index in [0.717, 1.165) is 36.5 Å². The second kappa shape index (κ2) is 5.65. The van der Waals surface area contributed by atoms with Crippen LogP contribution in [0.3, 0.4) is 0 Å². The van der Waals surface area contributed by atoms with Crippen LogP contribution in [0.25, 0.3) is 11.6 Å². The number of anilines is 1. The summed E-state index contributed by atoms with van der Waals surface area (Å²) in [6, 6.07) is 1.96. The second-order valence-electron chi connectivity index (χ2n) is 5.34. The molecule has 1 aliphatic rings. The quantitative estimate of drug-likeness (QED) is 0.864. The fourth-order valence-electron chi connectivity index (χ4n) is 2.79. The molecule has 0 unspecified atom stereocenters. The van der Waals surface area contributed by atoms with Crippen molar-refractivity contribution >= 4 is 5.82 Å². The molecule has 0 fully saturated rings. The molecule has 4 nitrogen and oxygen atoms in total. The Bertz CT molecular complexity index is 604. The SMILES string of the molecule is CCNc1nc(-c2occc2C)nc2c1CCCCC2. The Labute approximate surface area is 119 Å². The van der Waals surface area contributed by atoms with Crippen molar-refractivity contribution in [1.29, 1.82) is 0 Å². The minimum atomic E-state index is 0.712. The number of nitrogens with one attached hydrogen (secondary N) is 1. The molecule has 106 valence electrons. The van der Waals surface area contributed by atoms with E-state index < -0.39 is 0 Å². The summed E-state index contributed by atoms with van der Waals surface area (Å²) in [5.41, 5.74) is 3.58. The molecule has 0 aromatic carbocycles. The maximum Gasteiger partial charge on any atom is 0.198 e. The molecule has 2 heterocycles. The van der Waals surface area contributed by atoms with Crippen molar-refractivity contribution in [1.82, 2.24) is 9.97 Å². The highest BCUT2D eigenvalue weighted by Crippen LogP contribution is 2.29. The molecule has 0 atom stereocenters. The van der Waals surface area contributed by atoms with Crippen LogP contribution in [0, 0.1) is 6.92 Å². The first-order chi connectivity index (χ1) is 9.79. The fourth-order valence-corrected chi connectivity index (χ4v) is 2.79. The maximum atomic E-state index is 5.55. The number of aryl methyl sites for hydroxylation is 2. The third-order valence-corrected chi connectivity index (χ3v) is 3.84. The minimum Gasteiger partial charge on any atom is -0.461 e. The van der Waals surface area contributed by atoms with Crippen molar-refractivity contribution in [3.8, 4) is 11.6 Å². The predicted molar refractivity (Wildman–Crippen MR) is 79.9 cm³/mol. The summed E-state index contributed by atoms with van der Waals surface area (Å²) in [6.45, 7) is 5.00.